The lowest BCUT2D eigenvalue weighted by atomic mass is 10.2. The first-order valence-corrected chi connectivity index (χ1v) is 6.71. The van der Waals surface area contributed by atoms with Gasteiger partial charge in [-0.1, -0.05) is 12.1 Å². The van der Waals surface area contributed by atoms with Gasteiger partial charge in [0.25, 0.3) is 0 Å². The molecular weight excluding hydrogens is 306 g/mol. The van der Waals surface area contributed by atoms with Crippen LogP contribution < -0.4 is 15.2 Å². The van der Waals surface area contributed by atoms with Crippen LogP contribution in [0.15, 0.2) is 40.9 Å². The van der Waals surface area contributed by atoms with Crippen LogP contribution in [0.1, 0.15) is 11.1 Å². The minimum Gasteiger partial charge on any atom is -0.496 e. The molecule has 0 spiro atoms. The summed E-state index contributed by atoms with van der Waals surface area (Å²) in [5.74, 6) is 1.51. The van der Waals surface area contributed by atoms with E-state index in [1.165, 1.54) is 0 Å². The summed E-state index contributed by atoms with van der Waals surface area (Å²) in [6.07, 6.45) is 0. The second-order valence-electron chi connectivity index (χ2n) is 4.30. The molecule has 0 aliphatic heterocycles. The number of anilines is 1. The van der Waals surface area contributed by atoms with E-state index >= 15 is 0 Å². The first-order valence-electron chi connectivity index (χ1n) is 5.91. The lowest BCUT2D eigenvalue weighted by Gasteiger charge is -2.10. The van der Waals surface area contributed by atoms with E-state index in [4.69, 9.17) is 15.2 Å². The fraction of sp³-hybridized carbons (Fsp3) is 0.200. The zero-order valence-electron chi connectivity index (χ0n) is 10.9. The first kappa shape index (κ1) is 13.7. The molecule has 2 rings (SSSR count). The standard InChI is InChI=1S/C15H16BrNO2/c1-10-3-5-15(13(17)7-10)19-9-11-4-6-14(18-2)12(16)8-11/h3-8H,9,17H2,1-2H3. The van der Waals surface area contributed by atoms with Crippen molar-refractivity contribution in [1.29, 1.82) is 0 Å². The van der Waals surface area contributed by atoms with Crippen molar-refractivity contribution < 1.29 is 9.47 Å². The predicted molar refractivity (Wildman–Crippen MR) is 80.6 cm³/mol. The third-order valence-corrected chi connectivity index (χ3v) is 3.40. The first-order chi connectivity index (χ1) is 9.10. The van der Waals surface area contributed by atoms with Crippen LogP contribution in [0, 0.1) is 6.92 Å². The second kappa shape index (κ2) is 5.97. The zero-order valence-corrected chi connectivity index (χ0v) is 12.5. The summed E-state index contributed by atoms with van der Waals surface area (Å²) in [5, 5.41) is 0. The summed E-state index contributed by atoms with van der Waals surface area (Å²) in [6.45, 7) is 2.47. The van der Waals surface area contributed by atoms with Gasteiger partial charge in [-0.25, -0.2) is 0 Å². The van der Waals surface area contributed by atoms with Gasteiger partial charge in [-0.2, -0.15) is 0 Å². The lowest BCUT2D eigenvalue weighted by molar-refractivity contribution is 0.307. The molecule has 0 amide bonds. The van der Waals surface area contributed by atoms with Gasteiger partial charge in [0.1, 0.15) is 18.1 Å². The number of rotatable bonds is 4. The highest BCUT2D eigenvalue weighted by atomic mass is 79.9. The third-order valence-electron chi connectivity index (χ3n) is 2.78. The Morgan fingerprint density at radius 2 is 1.84 bits per heavy atom. The van der Waals surface area contributed by atoms with E-state index in [2.05, 4.69) is 15.9 Å². The van der Waals surface area contributed by atoms with Crippen molar-refractivity contribution in [2.45, 2.75) is 13.5 Å². The fourth-order valence-corrected chi connectivity index (χ4v) is 2.35. The highest BCUT2D eigenvalue weighted by Crippen LogP contribution is 2.27. The van der Waals surface area contributed by atoms with Crippen molar-refractivity contribution in [2.75, 3.05) is 12.8 Å². The highest BCUT2D eigenvalue weighted by molar-refractivity contribution is 9.10. The number of ether oxygens (including phenoxy) is 2. The Balaban J connectivity index is 2.08. The van der Waals surface area contributed by atoms with Crippen LogP contribution in [-0.4, -0.2) is 7.11 Å². The normalized spacial score (nSPS) is 10.3. The number of hydrogen-bond acceptors (Lipinski definition) is 3. The maximum Gasteiger partial charge on any atom is 0.142 e. The molecule has 0 heterocycles. The summed E-state index contributed by atoms with van der Waals surface area (Å²) >= 11 is 3.45. The number of nitrogens with two attached hydrogens (primary N) is 1. The van der Waals surface area contributed by atoms with Gasteiger partial charge in [0, 0.05) is 0 Å². The van der Waals surface area contributed by atoms with E-state index < -0.39 is 0 Å². The van der Waals surface area contributed by atoms with E-state index in [9.17, 15) is 0 Å². The van der Waals surface area contributed by atoms with Gasteiger partial charge in [0.05, 0.1) is 17.3 Å². The van der Waals surface area contributed by atoms with Crippen molar-refractivity contribution in [3.8, 4) is 11.5 Å². The maximum atomic E-state index is 5.91. The molecule has 0 bridgehead atoms. The average molecular weight is 322 g/mol. The smallest absolute Gasteiger partial charge is 0.142 e. The molecule has 0 fully saturated rings. The summed E-state index contributed by atoms with van der Waals surface area (Å²) in [4.78, 5) is 0. The second-order valence-corrected chi connectivity index (χ2v) is 5.15. The Hall–Kier alpha value is -1.68. The summed E-state index contributed by atoms with van der Waals surface area (Å²) in [7, 11) is 1.64. The van der Waals surface area contributed by atoms with Crippen LogP contribution in [-0.2, 0) is 6.61 Å². The van der Waals surface area contributed by atoms with Crippen molar-refractivity contribution in [2.24, 2.45) is 0 Å². The van der Waals surface area contributed by atoms with Gasteiger partial charge in [0.15, 0.2) is 0 Å². The highest BCUT2D eigenvalue weighted by Gasteiger charge is 2.04. The Labute approximate surface area is 121 Å². The molecular formula is C15H16BrNO2. The number of benzene rings is 2. The van der Waals surface area contributed by atoms with Gasteiger partial charge in [-0.05, 0) is 58.2 Å². The largest absolute Gasteiger partial charge is 0.496 e. The molecule has 0 aromatic heterocycles. The minimum atomic E-state index is 0.468. The molecule has 2 aromatic rings. The Morgan fingerprint density at radius 1 is 1.11 bits per heavy atom. The molecule has 0 radical (unpaired) electrons. The van der Waals surface area contributed by atoms with E-state index in [-0.39, 0.29) is 0 Å². The van der Waals surface area contributed by atoms with E-state index in [0.717, 1.165) is 21.3 Å². The summed E-state index contributed by atoms with van der Waals surface area (Å²) < 4.78 is 11.8. The molecule has 4 heteroatoms. The van der Waals surface area contributed by atoms with Gasteiger partial charge in [-0.15, -0.1) is 0 Å². The van der Waals surface area contributed by atoms with Crippen LogP contribution in [0.2, 0.25) is 0 Å². The van der Waals surface area contributed by atoms with Crippen LogP contribution in [0.4, 0.5) is 5.69 Å². The molecule has 0 atom stereocenters. The predicted octanol–water partition coefficient (Wildman–Crippen LogP) is 3.93. The Kier molecular flexibility index (Phi) is 4.32. The monoisotopic (exact) mass is 321 g/mol. The third kappa shape index (κ3) is 3.41. The number of methoxy groups -OCH3 is 1. The quantitative estimate of drug-likeness (QED) is 0.868. The molecule has 0 saturated heterocycles. The Bertz CT molecular complexity index is 584. The number of aryl methyl sites for hydroxylation is 1. The SMILES string of the molecule is COc1ccc(COc2ccc(C)cc2N)cc1Br. The molecule has 0 aliphatic rings. The Morgan fingerprint density at radius 3 is 2.47 bits per heavy atom. The number of nitrogen functional groups attached to an aromatic ring is 1. The zero-order chi connectivity index (χ0) is 13.8. The molecule has 0 unspecified atom stereocenters. The molecule has 100 valence electrons. The summed E-state index contributed by atoms with van der Waals surface area (Å²) in [5.41, 5.74) is 8.74. The van der Waals surface area contributed by atoms with Crippen LogP contribution in [0.25, 0.3) is 0 Å². The van der Waals surface area contributed by atoms with E-state index in [1.54, 1.807) is 7.11 Å². The number of hydrogen-bond donors (Lipinski definition) is 1. The van der Waals surface area contributed by atoms with Crippen LogP contribution in [0.3, 0.4) is 0 Å². The molecule has 0 saturated carbocycles. The van der Waals surface area contributed by atoms with Gasteiger partial charge < -0.3 is 15.2 Å². The maximum absolute atomic E-state index is 5.91. The van der Waals surface area contributed by atoms with Gasteiger partial charge in [-0.3, -0.25) is 0 Å². The summed E-state index contributed by atoms with van der Waals surface area (Å²) in [6, 6.07) is 11.6. The lowest BCUT2D eigenvalue weighted by Crippen LogP contribution is -1.99. The topological polar surface area (TPSA) is 44.5 Å². The van der Waals surface area contributed by atoms with Crippen LogP contribution >= 0.6 is 15.9 Å². The van der Waals surface area contributed by atoms with Crippen molar-refractivity contribution >= 4 is 21.6 Å². The van der Waals surface area contributed by atoms with Gasteiger partial charge in [0.2, 0.25) is 0 Å². The minimum absolute atomic E-state index is 0.468. The molecule has 0 aliphatic carbocycles. The van der Waals surface area contributed by atoms with Crippen molar-refractivity contribution in [1.82, 2.24) is 0 Å². The molecule has 19 heavy (non-hydrogen) atoms. The van der Waals surface area contributed by atoms with E-state index in [0.29, 0.717) is 18.0 Å². The van der Waals surface area contributed by atoms with Crippen LogP contribution in [0.5, 0.6) is 11.5 Å². The molecule has 2 N–H and O–H groups in total. The van der Waals surface area contributed by atoms with Gasteiger partial charge >= 0.3 is 0 Å². The fourth-order valence-electron chi connectivity index (χ4n) is 1.76. The van der Waals surface area contributed by atoms with Crippen molar-refractivity contribution in [3.05, 3.63) is 52.0 Å². The average Bonchev–Trinajstić information content (AvgIpc) is 2.38. The number of halogens is 1. The molecule has 3 nitrogen and oxygen atoms in total. The van der Waals surface area contributed by atoms with Crippen molar-refractivity contribution in [3.63, 3.8) is 0 Å². The molecule has 2 aromatic carbocycles. The van der Waals surface area contributed by atoms with E-state index in [1.807, 2.05) is 43.3 Å².